The highest BCUT2D eigenvalue weighted by molar-refractivity contribution is 5.55. The number of pyridine rings is 1. The van der Waals surface area contributed by atoms with Gasteiger partial charge in [0.15, 0.2) is 0 Å². The van der Waals surface area contributed by atoms with E-state index in [9.17, 15) is 0 Å². The van der Waals surface area contributed by atoms with E-state index in [1.54, 1.807) is 0 Å². The molecule has 0 fully saturated rings. The van der Waals surface area contributed by atoms with E-state index in [-0.39, 0.29) is 0 Å². The molecule has 94 valence electrons. The molecule has 2 nitrogen and oxygen atoms in total. The van der Waals surface area contributed by atoms with E-state index in [1.165, 1.54) is 16.7 Å². The zero-order valence-electron chi connectivity index (χ0n) is 11.5. The van der Waals surface area contributed by atoms with Crippen molar-refractivity contribution in [2.45, 2.75) is 34.1 Å². The molecule has 0 aliphatic rings. The number of aromatic nitrogens is 1. The Hall–Kier alpha value is -1.15. The van der Waals surface area contributed by atoms with Crippen LogP contribution in [0.1, 0.15) is 38.3 Å². The van der Waals surface area contributed by atoms with Gasteiger partial charge in [-0.05, 0) is 43.0 Å². The molecule has 0 bridgehead atoms. The van der Waals surface area contributed by atoms with Gasteiger partial charge in [-0.15, -0.1) is 0 Å². The lowest BCUT2D eigenvalue weighted by molar-refractivity contribution is 0.569. The van der Waals surface area contributed by atoms with Crippen molar-refractivity contribution >= 4 is 6.08 Å². The normalized spacial score (nSPS) is 12.2. The number of nitrogens with zero attached hydrogens (tertiary/aromatic N) is 1. The van der Waals surface area contributed by atoms with E-state index in [0.717, 1.165) is 19.5 Å². The highest BCUT2D eigenvalue weighted by atomic mass is 14.9. The zero-order chi connectivity index (χ0) is 12.7. The summed E-state index contributed by atoms with van der Waals surface area (Å²) in [6.45, 7) is 10.8. The summed E-state index contributed by atoms with van der Waals surface area (Å²) in [6.07, 6.45) is 7.12. The summed E-state index contributed by atoms with van der Waals surface area (Å²) in [5.41, 5.74) is 3.95. The van der Waals surface area contributed by atoms with Gasteiger partial charge in [-0.2, -0.15) is 0 Å². The van der Waals surface area contributed by atoms with Gasteiger partial charge >= 0.3 is 0 Å². The summed E-state index contributed by atoms with van der Waals surface area (Å²) in [5.74, 6) is 0.702. The van der Waals surface area contributed by atoms with Gasteiger partial charge in [0.1, 0.15) is 0 Å². The minimum absolute atomic E-state index is 0.702. The Bertz CT molecular complexity index is 367. The second kappa shape index (κ2) is 7.23. The van der Waals surface area contributed by atoms with Gasteiger partial charge in [-0.3, -0.25) is 4.98 Å². The van der Waals surface area contributed by atoms with Gasteiger partial charge in [0.05, 0.1) is 0 Å². The molecule has 2 heteroatoms. The molecule has 0 atom stereocenters. The molecule has 0 saturated carbocycles. The van der Waals surface area contributed by atoms with Crippen molar-refractivity contribution in [3.63, 3.8) is 0 Å². The van der Waals surface area contributed by atoms with Crippen molar-refractivity contribution in [2.75, 3.05) is 13.1 Å². The zero-order valence-corrected chi connectivity index (χ0v) is 11.5. The van der Waals surface area contributed by atoms with Gasteiger partial charge in [0.25, 0.3) is 0 Å². The van der Waals surface area contributed by atoms with Crippen LogP contribution >= 0.6 is 0 Å². The van der Waals surface area contributed by atoms with Crippen molar-refractivity contribution in [3.05, 3.63) is 35.2 Å². The quantitative estimate of drug-likeness (QED) is 0.813. The Morgan fingerprint density at radius 1 is 1.47 bits per heavy atom. The second-order valence-electron chi connectivity index (χ2n) is 4.91. The third kappa shape index (κ3) is 5.14. The first kappa shape index (κ1) is 13.9. The Morgan fingerprint density at radius 2 is 2.24 bits per heavy atom. The SMILES string of the molecule is CC/C(=C/c1cnccc1C)CNCC(C)C. The van der Waals surface area contributed by atoms with E-state index < -0.39 is 0 Å². The molecule has 1 aromatic heterocycles. The second-order valence-corrected chi connectivity index (χ2v) is 4.91. The number of hydrogen-bond donors (Lipinski definition) is 1. The third-order valence-corrected chi connectivity index (χ3v) is 2.80. The van der Waals surface area contributed by atoms with Crippen molar-refractivity contribution in [1.82, 2.24) is 10.3 Å². The Balaban J connectivity index is 2.63. The minimum Gasteiger partial charge on any atom is -0.313 e. The fraction of sp³-hybridized carbons (Fsp3) is 0.533. The molecular formula is C15H24N2. The lowest BCUT2D eigenvalue weighted by Gasteiger charge is -2.10. The molecule has 0 aliphatic heterocycles. The predicted octanol–water partition coefficient (Wildman–Crippen LogP) is 3.43. The Morgan fingerprint density at radius 3 is 2.82 bits per heavy atom. The fourth-order valence-electron chi connectivity index (χ4n) is 1.65. The van der Waals surface area contributed by atoms with Gasteiger partial charge in [-0.25, -0.2) is 0 Å². The largest absolute Gasteiger partial charge is 0.313 e. The van der Waals surface area contributed by atoms with Gasteiger partial charge in [0, 0.05) is 18.9 Å². The first-order valence-electron chi connectivity index (χ1n) is 6.44. The van der Waals surface area contributed by atoms with E-state index in [4.69, 9.17) is 0 Å². The van der Waals surface area contributed by atoms with Crippen LogP contribution in [0.2, 0.25) is 0 Å². The van der Waals surface area contributed by atoms with Crippen LogP contribution in [-0.2, 0) is 0 Å². The Kier molecular flexibility index (Phi) is 5.92. The molecule has 1 rings (SSSR count). The highest BCUT2D eigenvalue weighted by Gasteiger charge is 1.99. The van der Waals surface area contributed by atoms with Crippen LogP contribution in [0.5, 0.6) is 0 Å². The van der Waals surface area contributed by atoms with Crippen LogP contribution in [0, 0.1) is 12.8 Å². The molecule has 1 N–H and O–H groups in total. The summed E-state index contributed by atoms with van der Waals surface area (Å²) in [4.78, 5) is 4.18. The predicted molar refractivity (Wildman–Crippen MR) is 74.9 cm³/mol. The van der Waals surface area contributed by atoms with Crippen LogP contribution < -0.4 is 5.32 Å². The van der Waals surface area contributed by atoms with Crippen molar-refractivity contribution in [3.8, 4) is 0 Å². The van der Waals surface area contributed by atoms with Crippen molar-refractivity contribution in [1.29, 1.82) is 0 Å². The summed E-state index contributed by atoms with van der Waals surface area (Å²) >= 11 is 0. The Labute approximate surface area is 105 Å². The molecular weight excluding hydrogens is 208 g/mol. The molecule has 0 spiro atoms. The van der Waals surface area contributed by atoms with Gasteiger partial charge in [-0.1, -0.05) is 32.4 Å². The highest BCUT2D eigenvalue weighted by Crippen LogP contribution is 2.12. The van der Waals surface area contributed by atoms with Crippen LogP contribution in [0.15, 0.2) is 24.0 Å². The van der Waals surface area contributed by atoms with Crippen LogP contribution in [-0.4, -0.2) is 18.1 Å². The number of rotatable bonds is 6. The molecule has 17 heavy (non-hydrogen) atoms. The monoisotopic (exact) mass is 232 g/mol. The molecule has 0 unspecified atom stereocenters. The van der Waals surface area contributed by atoms with E-state index in [2.05, 4.69) is 50.1 Å². The maximum Gasteiger partial charge on any atom is 0.0342 e. The molecule has 0 amide bonds. The summed E-state index contributed by atoms with van der Waals surface area (Å²) in [5, 5.41) is 3.49. The molecule has 1 aromatic rings. The van der Waals surface area contributed by atoms with Crippen LogP contribution in [0.4, 0.5) is 0 Å². The molecule has 0 aliphatic carbocycles. The molecule has 0 radical (unpaired) electrons. The van der Waals surface area contributed by atoms with E-state index in [1.807, 2.05) is 12.4 Å². The third-order valence-electron chi connectivity index (χ3n) is 2.80. The van der Waals surface area contributed by atoms with Crippen LogP contribution in [0.3, 0.4) is 0 Å². The average Bonchev–Trinajstić information content (AvgIpc) is 2.30. The van der Waals surface area contributed by atoms with Crippen LogP contribution in [0.25, 0.3) is 6.08 Å². The summed E-state index contributed by atoms with van der Waals surface area (Å²) < 4.78 is 0. The van der Waals surface area contributed by atoms with Crippen molar-refractivity contribution in [2.24, 2.45) is 5.92 Å². The molecule has 0 aromatic carbocycles. The number of aryl methyl sites for hydroxylation is 1. The molecule has 0 saturated heterocycles. The lowest BCUT2D eigenvalue weighted by Crippen LogP contribution is -2.21. The lowest BCUT2D eigenvalue weighted by atomic mass is 10.1. The fourth-order valence-corrected chi connectivity index (χ4v) is 1.65. The summed E-state index contributed by atoms with van der Waals surface area (Å²) in [7, 11) is 0. The van der Waals surface area contributed by atoms with Crippen molar-refractivity contribution < 1.29 is 0 Å². The number of hydrogen-bond acceptors (Lipinski definition) is 2. The average molecular weight is 232 g/mol. The maximum atomic E-state index is 4.18. The van der Waals surface area contributed by atoms with Gasteiger partial charge < -0.3 is 5.32 Å². The first-order chi connectivity index (χ1) is 8.13. The number of nitrogens with one attached hydrogen (secondary N) is 1. The van der Waals surface area contributed by atoms with E-state index in [0.29, 0.717) is 5.92 Å². The minimum atomic E-state index is 0.702. The standard InChI is InChI=1S/C15H24N2/c1-5-14(10-17-9-12(2)3)8-15-11-16-7-6-13(15)4/h6-8,11-12,17H,5,9-10H2,1-4H3/b14-8-. The maximum absolute atomic E-state index is 4.18. The summed E-state index contributed by atoms with van der Waals surface area (Å²) in [6, 6.07) is 2.06. The smallest absolute Gasteiger partial charge is 0.0342 e. The van der Waals surface area contributed by atoms with E-state index >= 15 is 0 Å². The molecule has 1 heterocycles. The van der Waals surface area contributed by atoms with Gasteiger partial charge in [0.2, 0.25) is 0 Å². The first-order valence-corrected chi connectivity index (χ1v) is 6.44. The topological polar surface area (TPSA) is 24.9 Å².